The van der Waals surface area contributed by atoms with Gasteiger partial charge < -0.3 is 61.4 Å². The van der Waals surface area contributed by atoms with Crippen LogP contribution in [0.15, 0.2) is 0 Å². The molecule has 0 rings (SSSR count). The molecule has 5 amide bonds. The lowest BCUT2D eigenvalue weighted by molar-refractivity contribution is -0.143. The van der Waals surface area contributed by atoms with Gasteiger partial charge in [0.2, 0.25) is 29.5 Å². The van der Waals surface area contributed by atoms with Gasteiger partial charge in [-0.25, -0.2) is 4.79 Å². The summed E-state index contributed by atoms with van der Waals surface area (Å²) in [6, 6.07) is -2.18. The first-order chi connectivity index (χ1) is 29.5. The van der Waals surface area contributed by atoms with Gasteiger partial charge in [0, 0.05) is 38.9 Å². The molecule has 0 fully saturated rings. The summed E-state index contributed by atoms with van der Waals surface area (Å²) in [6.07, 6.45) is 17.4. The van der Waals surface area contributed by atoms with Crippen molar-refractivity contribution >= 4 is 41.5 Å². The van der Waals surface area contributed by atoms with Crippen LogP contribution in [0.1, 0.15) is 135 Å². The van der Waals surface area contributed by atoms with E-state index in [0.717, 1.165) is 38.5 Å². The van der Waals surface area contributed by atoms with Gasteiger partial charge in [0.05, 0.1) is 39.6 Å². The van der Waals surface area contributed by atoms with E-state index in [9.17, 15) is 38.7 Å². The number of nitrogens with two attached hydrogens (primary N) is 1. The summed E-state index contributed by atoms with van der Waals surface area (Å²) < 4.78 is 21.2. The first kappa shape index (κ1) is 57.1. The summed E-state index contributed by atoms with van der Waals surface area (Å²) in [5.74, 6) is -3.90. The van der Waals surface area contributed by atoms with Crippen LogP contribution in [-0.4, -0.2) is 141 Å². The number of carbonyl (C=O) groups is 7. The van der Waals surface area contributed by atoms with E-state index in [1.165, 1.54) is 44.9 Å². The second kappa shape index (κ2) is 41.4. The van der Waals surface area contributed by atoms with Gasteiger partial charge in [-0.15, -0.1) is 0 Å². The predicted molar refractivity (Wildman–Crippen MR) is 224 cm³/mol. The SMILES string of the molecule is NC(=O)CCCCCCCCCCCCCCCCC(=O)NC(CCC(=O)NCCOCCOCC(=O)NCCOCCOCC(=O)NCCCCC(NO)C(=O)O)C(=O)O. The van der Waals surface area contributed by atoms with Gasteiger partial charge in [-0.3, -0.25) is 28.8 Å². The molecule has 0 aromatic rings. The highest BCUT2D eigenvalue weighted by Crippen LogP contribution is 2.14. The Balaban J connectivity index is 3.65. The second-order valence-corrected chi connectivity index (χ2v) is 14.8. The summed E-state index contributed by atoms with van der Waals surface area (Å²) in [4.78, 5) is 81.3. The van der Waals surface area contributed by atoms with Crippen molar-refractivity contribution in [1.29, 1.82) is 0 Å². The van der Waals surface area contributed by atoms with Crippen molar-refractivity contribution in [3.05, 3.63) is 0 Å². The lowest BCUT2D eigenvalue weighted by Crippen LogP contribution is -2.41. The predicted octanol–water partition coefficient (Wildman–Crippen LogP) is 2.08. The zero-order valence-corrected chi connectivity index (χ0v) is 36.2. The van der Waals surface area contributed by atoms with Crippen molar-refractivity contribution in [2.24, 2.45) is 5.73 Å². The molecule has 0 aromatic heterocycles. The molecule has 0 aliphatic carbocycles. The third-order valence-electron chi connectivity index (χ3n) is 9.41. The molecule has 0 spiro atoms. The Labute approximate surface area is 360 Å². The highest BCUT2D eigenvalue weighted by Gasteiger charge is 2.21. The number of carboxylic acids is 2. The Morgan fingerprint density at radius 1 is 0.426 bits per heavy atom. The molecule has 20 nitrogen and oxygen atoms in total. The van der Waals surface area contributed by atoms with Crippen LogP contribution < -0.4 is 32.5 Å². The molecule has 0 saturated carbocycles. The Hall–Kier alpha value is -3.95. The van der Waals surface area contributed by atoms with Crippen LogP contribution in [0.25, 0.3) is 0 Å². The third kappa shape index (κ3) is 39.9. The fraction of sp³-hybridized carbons (Fsp3) is 0.829. The number of aliphatic carboxylic acids is 2. The van der Waals surface area contributed by atoms with Crippen molar-refractivity contribution in [3.63, 3.8) is 0 Å². The van der Waals surface area contributed by atoms with Crippen LogP contribution in [0.3, 0.4) is 0 Å². The summed E-state index contributed by atoms with van der Waals surface area (Å²) in [7, 11) is 0. The largest absolute Gasteiger partial charge is 0.480 e. The van der Waals surface area contributed by atoms with Crippen molar-refractivity contribution < 1.29 is 67.9 Å². The minimum atomic E-state index is -1.19. The molecule has 0 aliphatic heterocycles. The van der Waals surface area contributed by atoms with Crippen molar-refractivity contribution in [2.75, 3.05) is 72.5 Å². The van der Waals surface area contributed by atoms with Gasteiger partial charge in [-0.05, 0) is 38.5 Å². The minimum absolute atomic E-state index is 0.0312. The van der Waals surface area contributed by atoms with E-state index in [2.05, 4.69) is 21.3 Å². The average Bonchev–Trinajstić information content (AvgIpc) is 3.22. The van der Waals surface area contributed by atoms with Crippen molar-refractivity contribution in [3.8, 4) is 0 Å². The van der Waals surface area contributed by atoms with Gasteiger partial charge in [0.1, 0.15) is 25.3 Å². The fourth-order valence-corrected chi connectivity index (χ4v) is 5.94. The molecular weight excluding hydrogens is 800 g/mol. The molecule has 10 N–H and O–H groups in total. The number of rotatable bonds is 45. The number of hydroxylamine groups is 1. The van der Waals surface area contributed by atoms with E-state index in [1.807, 2.05) is 0 Å². The third-order valence-corrected chi connectivity index (χ3v) is 9.41. The molecular formula is C41H76N6O14. The molecule has 0 heterocycles. The van der Waals surface area contributed by atoms with Crippen LogP contribution in [0.4, 0.5) is 0 Å². The quantitative estimate of drug-likeness (QED) is 0.0313. The average molecular weight is 877 g/mol. The van der Waals surface area contributed by atoms with E-state index in [0.29, 0.717) is 32.2 Å². The number of nitrogens with one attached hydrogen (secondary N) is 5. The Morgan fingerprint density at radius 3 is 1.31 bits per heavy atom. The zero-order chi connectivity index (χ0) is 45.2. The van der Waals surface area contributed by atoms with E-state index in [1.54, 1.807) is 5.48 Å². The molecule has 0 bridgehead atoms. The maximum Gasteiger partial charge on any atom is 0.326 e. The fourth-order valence-electron chi connectivity index (χ4n) is 5.94. The Bertz CT molecular complexity index is 1200. The molecule has 61 heavy (non-hydrogen) atoms. The number of hydrogen-bond acceptors (Lipinski definition) is 13. The van der Waals surface area contributed by atoms with Crippen LogP contribution in [0.5, 0.6) is 0 Å². The molecule has 354 valence electrons. The topological polar surface area (TPSA) is 303 Å². The van der Waals surface area contributed by atoms with Gasteiger partial charge in [-0.1, -0.05) is 77.0 Å². The smallest absolute Gasteiger partial charge is 0.326 e. The number of carbonyl (C=O) groups excluding carboxylic acids is 5. The molecule has 0 aromatic carbocycles. The van der Waals surface area contributed by atoms with Gasteiger partial charge in [0.25, 0.3) is 0 Å². The summed E-state index contributed by atoms with van der Waals surface area (Å²) in [5, 5.41) is 37.5. The first-order valence-corrected chi connectivity index (χ1v) is 22.0. The number of amides is 5. The van der Waals surface area contributed by atoms with E-state index in [4.69, 9.17) is 35.0 Å². The Morgan fingerprint density at radius 2 is 0.852 bits per heavy atom. The van der Waals surface area contributed by atoms with Crippen molar-refractivity contribution in [2.45, 2.75) is 147 Å². The van der Waals surface area contributed by atoms with Crippen molar-refractivity contribution in [1.82, 2.24) is 26.7 Å². The molecule has 0 aliphatic rings. The number of carboxylic acid groups (broad SMARTS) is 2. The van der Waals surface area contributed by atoms with E-state index < -0.39 is 24.0 Å². The molecule has 2 atom stereocenters. The normalized spacial score (nSPS) is 12.0. The number of primary amides is 1. The number of hydrogen-bond donors (Lipinski definition) is 9. The van der Waals surface area contributed by atoms with Gasteiger partial charge in [-0.2, -0.15) is 5.48 Å². The van der Waals surface area contributed by atoms with Crippen LogP contribution in [-0.2, 0) is 52.5 Å². The monoisotopic (exact) mass is 877 g/mol. The maximum atomic E-state index is 12.3. The number of ether oxygens (including phenoxy) is 4. The Kier molecular flexibility index (Phi) is 38.7. The molecule has 0 radical (unpaired) electrons. The molecule has 0 saturated heterocycles. The minimum Gasteiger partial charge on any atom is -0.480 e. The molecule has 20 heteroatoms. The lowest BCUT2D eigenvalue weighted by Gasteiger charge is -2.14. The van der Waals surface area contributed by atoms with Gasteiger partial charge in [0.15, 0.2) is 0 Å². The number of unbranched alkanes of at least 4 members (excludes halogenated alkanes) is 14. The zero-order valence-electron chi connectivity index (χ0n) is 36.2. The van der Waals surface area contributed by atoms with Gasteiger partial charge >= 0.3 is 11.9 Å². The summed E-state index contributed by atoms with van der Waals surface area (Å²) in [5.41, 5.74) is 6.87. The highest BCUT2D eigenvalue weighted by atomic mass is 16.5. The van der Waals surface area contributed by atoms with Crippen LogP contribution >= 0.6 is 0 Å². The lowest BCUT2D eigenvalue weighted by atomic mass is 10.0. The van der Waals surface area contributed by atoms with Crippen LogP contribution in [0, 0.1) is 0 Å². The van der Waals surface area contributed by atoms with E-state index in [-0.39, 0.29) is 121 Å². The second-order valence-electron chi connectivity index (χ2n) is 14.8. The summed E-state index contributed by atoms with van der Waals surface area (Å²) in [6.45, 7) is 1.63. The highest BCUT2D eigenvalue weighted by molar-refractivity contribution is 5.84. The van der Waals surface area contributed by atoms with E-state index >= 15 is 0 Å². The first-order valence-electron chi connectivity index (χ1n) is 22.0. The standard InChI is InChI=1S/C41H76N6O14/c42-35(48)18-13-11-9-7-5-3-1-2-4-6-8-10-12-14-19-37(50)46-33(40(53)54)20-21-36(49)44-23-25-58-27-30-61-32-39(52)45-24-26-59-28-29-60-31-38(51)43-22-16-15-17-34(47-57)41(55)56/h33-34,47,57H,1-32H2,(H2,42,48)(H,43,51)(H,44,49)(H,45,52)(H,46,50)(H,53,54)(H,55,56). The van der Waals surface area contributed by atoms with Crippen LogP contribution in [0.2, 0.25) is 0 Å². The molecule has 2 unspecified atom stereocenters. The summed E-state index contributed by atoms with van der Waals surface area (Å²) >= 11 is 0. The maximum absolute atomic E-state index is 12.3.